The third kappa shape index (κ3) is 10.00. The van der Waals surface area contributed by atoms with Crippen LogP contribution in [-0.4, -0.2) is 45.2 Å². The Hall–Kier alpha value is -3.06. The monoisotopic (exact) mass is 426 g/mol. The predicted molar refractivity (Wildman–Crippen MR) is 124 cm³/mol. The molecule has 2 aromatic carbocycles. The molecule has 1 atom stereocenters. The first-order chi connectivity index (χ1) is 15.1. The van der Waals surface area contributed by atoms with Crippen LogP contribution in [0.1, 0.15) is 25.0 Å². The summed E-state index contributed by atoms with van der Waals surface area (Å²) in [5, 5.41) is 9.34. The summed E-state index contributed by atoms with van der Waals surface area (Å²) in [6.45, 7) is 7.26. The number of nitrogens with zero attached hydrogens (tertiary/aromatic N) is 1. The van der Waals surface area contributed by atoms with E-state index < -0.39 is 0 Å². The van der Waals surface area contributed by atoms with Crippen LogP contribution in [0, 0.1) is 5.92 Å². The van der Waals surface area contributed by atoms with Crippen LogP contribution in [0.2, 0.25) is 0 Å². The lowest BCUT2D eigenvalue weighted by atomic mass is 10.2. The number of nitrogens with one attached hydrogen (secondary N) is 3. The van der Waals surface area contributed by atoms with Gasteiger partial charge < -0.3 is 25.4 Å². The number of carbonyl (C=O) groups is 1. The molecule has 3 N–H and O–H groups in total. The van der Waals surface area contributed by atoms with E-state index in [-0.39, 0.29) is 12.5 Å². The van der Waals surface area contributed by atoms with Gasteiger partial charge in [0, 0.05) is 26.7 Å². The molecular weight excluding hydrogens is 392 g/mol. The number of hydrogen-bond acceptors (Lipinski definition) is 4. The van der Waals surface area contributed by atoms with Crippen molar-refractivity contribution in [3.05, 3.63) is 65.7 Å². The fraction of sp³-hybridized carbons (Fsp3) is 0.417. The van der Waals surface area contributed by atoms with E-state index in [4.69, 9.17) is 9.47 Å². The number of rotatable bonds is 12. The lowest BCUT2D eigenvalue weighted by Crippen LogP contribution is -2.39. The van der Waals surface area contributed by atoms with E-state index in [1.54, 1.807) is 7.05 Å². The fourth-order valence-corrected chi connectivity index (χ4v) is 2.83. The number of aliphatic imine (C=N–C) groups is 1. The fourth-order valence-electron chi connectivity index (χ4n) is 2.83. The lowest BCUT2D eigenvalue weighted by Gasteiger charge is -2.16. The van der Waals surface area contributed by atoms with Crippen molar-refractivity contribution in [2.45, 2.75) is 27.0 Å². The minimum atomic E-state index is -0.127. The molecule has 0 radical (unpaired) electrons. The highest BCUT2D eigenvalue weighted by Crippen LogP contribution is 2.13. The third-order valence-corrected chi connectivity index (χ3v) is 4.46. The summed E-state index contributed by atoms with van der Waals surface area (Å²) in [7, 11) is 1.75. The molecule has 1 unspecified atom stereocenters. The standard InChI is InChI=1S/C24H34N4O3/c1-4-26-23(29)18-31-22-12-8-11-21(13-22)15-28-24(25-3)27-14-19(2)16-30-17-20-9-6-5-7-10-20/h5-13,19H,4,14-18H2,1-3H3,(H,26,29)(H2,25,27,28). The number of hydrogen-bond donors (Lipinski definition) is 3. The van der Waals surface area contributed by atoms with Crippen LogP contribution >= 0.6 is 0 Å². The maximum Gasteiger partial charge on any atom is 0.257 e. The second kappa shape index (κ2) is 14.0. The molecule has 0 aromatic heterocycles. The Balaban J connectivity index is 1.69. The smallest absolute Gasteiger partial charge is 0.257 e. The number of benzene rings is 2. The Bertz CT molecular complexity index is 811. The van der Waals surface area contributed by atoms with Crippen LogP contribution in [-0.2, 0) is 22.7 Å². The normalized spacial score (nSPS) is 12.2. The Labute approximate surface area is 185 Å². The average molecular weight is 427 g/mol. The van der Waals surface area contributed by atoms with E-state index in [1.807, 2.05) is 49.4 Å². The van der Waals surface area contributed by atoms with Gasteiger partial charge in [-0.1, -0.05) is 49.4 Å². The number of carbonyl (C=O) groups excluding carboxylic acids is 1. The first-order valence-corrected chi connectivity index (χ1v) is 10.6. The molecule has 0 saturated carbocycles. The predicted octanol–water partition coefficient (Wildman–Crippen LogP) is 2.72. The highest BCUT2D eigenvalue weighted by molar-refractivity contribution is 5.79. The zero-order valence-corrected chi connectivity index (χ0v) is 18.7. The van der Waals surface area contributed by atoms with Crippen molar-refractivity contribution in [2.75, 3.05) is 33.4 Å². The molecule has 2 aromatic rings. The van der Waals surface area contributed by atoms with Crippen molar-refractivity contribution < 1.29 is 14.3 Å². The zero-order valence-electron chi connectivity index (χ0n) is 18.7. The third-order valence-electron chi connectivity index (χ3n) is 4.46. The molecule has 1 amide bonds. The number of likely N-dealkylation sites (N-methyl/N-ethyl adjacent to an activating group) is 1. The molecule has 7 heteroatoms. The Morgan fingerprint density at radius 3 is 2.55 bits per heavy atom. The molecule has 0 aliphatic rings. The van der Waals surface area contributed by atoms with Crippen LogP contribution in [0.4, 0.5) is 0 Å². The molecule has 0 spiro atoms. The largest absolute Gasteiger partial charge is 0.484 e. The molecule has 168 valence electrons. The van der Waals surface area contributed by atoms with Crippen LogP contribution in [0.3, 0.4) is 0 Å². The van der Waals surface area contributed by atoms with Crippen LogP contribution in [0.15, 0.2) is 59.6 Å². The minimum Gasteiger partial charge on any atom is -0.484 e. The maximum absolute atomic E-state index is 11.5. The van der Waals surface area contributed by atoms with Gasteiger partial charge >= 0.3 is 0 Å². The highest BCUT2D eigenvalue weighted by Gasteiger charge is 2.06. The van der Waals surface area contributed by atoms with Crippen molar-refractivity contribution in [3.8, 4) is 5.75 Å². The Kier molecular flexibility index (Phi) is 11.0. The van der Waals surface area contributed by atoms with E-state index in [2.05, 4.69) is 40.0 Å². The summed E-state index contributed by atoms with van der Waals surface area (Å²) in [5.41, 5.74) is 2.22. The molecule has 2 rings (SSSR count). The minimum absolute atomic E-state index is 0.0121. The topological polar surface area (TPSA) is 84.0 Å². The maximum atomic E-state index is 11.5. The van der Waals surface area contributed by atoms with Gasteiger partial charge in [0.15, 0.2) is 12.6 Å². The van der Waals surface area contributed by atoms with Crippen LogP contribution in [0.5, 0.6) is 5.75 Å². The van der Waals surface area contributed by atoms with Crippen molar-refractivity contribution in [3.63, 3.8) is 0 Å². The van der Waals surface area contributed by atoms with Gasteiger partial charge in [0.05, 0.1) is 13.2 Å². The molecule has 0 bridgehead atoms. The van der Waals surface area contributed by atoms with E-state index in [0.29, 0.717) is 38.0 Å². The molecule has 31 heavy (non-hydrogen) atoms. The van der Waals surface area contributed by atoms with Gasteiger partial charge in [0.25, 0.3) is 5.91 Å². The van der Waals surface area contributed by atoms with E-state index in [0.717, 1.165) is 18.1 Å². The number of amides is 1. The van der Waals surface area contributed by atoms with E-state index >= 15 is 0 Å². The van der Waals surface area contributed by atoms with Crippen molar-refractivity contribution in [2.24, 2.45) is 10.9 Å². The number of ether oxygens (including phenoxy) is 2. The van der Waals surface area contributed by atoms with Crippen LogP contribution in [0.25, 0.3) is 0 Å². The van der Waals surface area contributed by atoms with Crippen molar-refractivity contribution in [1.29, 1.82) is 0 Å². The first kappa shape index (κ1) is 24.2. The quantitative estimate of drug-likeness (QED) is 0.359. The summed E-state index contributed by atoms with van der Waals surface area (Å²) in [5.74, 6) is 1.60. The van der Waals surface area contributed by atoms with Gasteiger partial charge in [-0.05, 0) is 36.1 Å². The van der Waals surface area contributed by atoms with Crippen molar-refractivity contribution in [1.82, 2.24) is 16.0 Å². The Morgan fingerprint density at radius 1 is 1.03 bits per heavy atom. The van der Waals surface area contributed by atoms with Gasteiger partial charge in [-0.25, -0.2) is 0 Å². The molecule has 0 aliphatic heterocycles. The van der Waals surface area contributed by atoms with Gasteiger partial charge in [0.2, 0.25) is 0 Å². The summed E-state index contributed by atoms with van der Waals surface area (Å²) in [6.07, 6.45) is 0. The number of guanidine groups is 1. The molecule has 0 fully saturated rings. The molecule has 0 saturated heterocycles. The first-order valence-electron chi connectivity index (χ1n) is 10.6. The summed E-state index contributed by atoms with van der Waals surface area (Å²) in [4.78, 5) is 15.8. The second-order valence-corrected chi connectivity index (χ2v) is 7.30. The van der Waals surface area contributed by atoms with Gasteiger partial charge in [-0.15, -0.1) is 0 Å². The van der Waals surface area contributed by atoms with Crippen LogP contribution < -0.4 is 20.7 Å². The second-order valence-electron chi connectivity index (χ2n) is 7.30. The SMILES string of the molecule is CCNC(=O)COc1cccc(CNC(=NC)NCC(C)COCc2ccccc2)c1. The molecular formula is C24H34N4O3. The van der Waals surface area contributed by atoms with E-state index in [9.17, 15) is 4.79 Å². The lowest BCUT2D eigenvalue weighted by molar-refractivity contribution is -0.122. The zero-order chi connectivity index (χ0) is 22.3. The Morgan fingerprint density at radius 2 is 1.81 bits per heavy atom. The summed E-state index contributed by atoms with van der Waals surface area (Å²) in [6, 6.07) is 17.8. The summed E-state index contributed by atoms with van der Waals surface area (Å²) >= 11 is 0. The molecule has 7 nitrogen and oxygen atoms in total. The molecule has 0 aliphatic carbocycles. The van der Waals surface area contributed by atoms with Gasteiger partial charge in [-0.2, -0.15) is 0 Å². The van der Waals surface area contributed by atoms with E-state index in [1.165, 1.54) is 5.56 Å². The summed E-state index contributed by atoms with van der Waals surface area (Å²) < 4.78 is 11.3. The van der Waals surface area contributed by atoms with Crippen molar-refractivity contribution >= 4 is 11.9 Å². The van der Waals surface area contributed by atoms with Gasteiger partial charge in [-0.3, -0.25) is 9.79 Å². The average Bonchev–Trinajstić information content (AvgIpc) is 2.79. The highest BCUT2D eigenvalue weighted by atomic mass is 16.5. The van der Waals surface area contributed by atoms with Gasteiger partial charge in [0.1, 0.15) is 5.75 Å². The molecule has 0 heterocycles.